The molecule has 112 valence electrons. The number of allylic oxidation sites excluding steroid dienone is 3. The van der Waals surface area contributed by atoms with Gasteiger partial charge in [0.2, 0.25) is 0 Å². The minimum absolute atomic E-state index is 0.878. The molecule has 0 aliphatic carbocycles. The lowest BCUT2D eigenvalue weighted by atomic mass is 10.2. The van der Waals surface area contributed by atoms with Gasteiger partial charge >= 0.3 is 0 Å². The van der Waals surface area contributed by atoms with Crippen molar-refractivity contribution < 1.29 is 4.42 Å². The van der Waals surface area contributed by atoms with Crippen molar-refractivity contribution in [1.29, 1.82) is 0 Å². The maximum Gasteiger partial charge on any atom is 0.135 e. The van der Waals surface area contributed by atoms with Crippen molar-refractivity contribution >= 4 is 23.1 Å². The maximum absolute atomic E-state index is 5.67. The summed E-state index contributed by atoms with van der Waals surface area (Å²) in [7, 11) is 0. The van der Waals surface area contributed by atoms with Crippen molar-refractivity contribution in [1.82, 2.24) is 0 Å². The van der Waals surface area contributed by atoms with Crippen molar-refractivity contribution in [3.63, 3.8) is 0 Å². The number of furan rings is 1. The zero-order valence-corrected chi connectivity index (χ0v) is 13.6. The Labute approximate surface area is 128 Å². The van der Waals surface area contributed by atoms with Gasteiger partial charge in [-0.1, -0.05) is 75.6 Å². The summed E-state index contributed by atoms with van der Waals surface area (Å²) in [6.45, 7) is 18.6. The first-order valence-corrected chi connectivity index (χ1v) is 7.18. The Morgan fingerprint density at radius 2 is 1.71 bits per heavy atom. The third-order valence-electron chi connectivity index (χ3n) is 2.57. The molecule has 0 aliphatic rings. The molecule has 1 nitrogen and oxygen atoms in total. The summed E-state index contributed by atoms with van der Waals surface area (Å²) >= 11 is 0. The lowest BCUT2D eigenvalue weighted by Gasteiger charge is -1.82. The van der Waals surface area contributed by atoms with E-state index >= 15 is 0 Å². The second kappa shape index (κ2) is 10.5. The fourth-order valence-electron chi connectivity index (χ4n) is 1.61. The highest BCUT2D eigenvalue weighted by molar-refractivity contribution is 5.78. The van der Waals surface area contributed by atoms with Crippen LogP contribution in [0.15, 0.2) is 66.1 Å². The Kier molecular flexibility index (Phi) is 9.36. The molecule has 0 spiro atoms. The Morgan fingerprint density at radius 1 is 1.14 bits per heavy atom. The van der Waals surface area contributed by atoms with Gasteiger partial charge in [0.15, 0.2) is 0 Å². The van der Waals surface area contributed by atoms with Gasteiger partial charge in [-0.3, -0.25) is 0 Å². The molecule has 21 heavy (non-hydrogen) atoms. The molecular weight excluding hydrogens is 256 g/mol. The summed E-state index contributed by atoms with van der Waals surface area (Å²) in [6.07, 6.45) is 7.40. The maximum atomic E-state index is 5.67. The molecule has 0 saturated carbocycles. The SMILES string of the molecule is C=C/C=c1/oc2ccccc2/c1=C/C.C=CC(=C)C.CC. The Balaban J connectivity index is 0.000000489. The van der Waals surface area contributed by atoms with Gasteiger partial charge in [-0.2, -0.15) is 0 Å². The van der Waals surface area contributed by atoms with Gasteiger partial charge in [-0.25, -0.2) is 0 Å². The smallest absolute Gasteiger partial charge is 0.135 e. The van der Waals surface area contributed by atoms with Crippen LogP contribution in [0.2, 0.25) is 0 Å². The van der Waals surface area contributed by atoms with Crippen LogP contribution in [0.25, 0.3) is 23.1 Å². The minimum Gasteiger partial charge on any atom is -0.456 e. The molecule has 2 rings (SSSR count). The molecular formula is C20H26O. The first-order chi connectivity index (χ1) is 10.1. The van der Waals surface area contributed by atoms with E-state index in [4.69, 9.17) is 4.42 Å². The summed E-state index contributed by atoms with van der Waals surface area (Å²) < 4.78 is 5.67. The van der Waals surface area contributed by atoms with Crippen LogP contribution in [0.5, 0.6) is 0 Å². The predicted octanol–water partition coefficient (Wildman–Crippen LogP) is 4.97. The predicted molar refractivity (Wildman–Crippen MR) is 96.6 cm³/mol. The molecule has 0 amide bonds. The van der Waals surface area contributed by atoms with Gasteiger partial charge in [-0.15, -0.1) is 0 Å². The van der Waals surface area contributed by atoms with E-state index in [1.54, 1.807) is 12.2 Å². The molecule has 0 atom stereocenters. The van der Waals surface area contributed by atoms with E-state index < -0.39 is 0 Å². The first kappa shape index (κ1) is 18.7. The standard InChI is InChI=1S/C13H12O.C5H8.C2H6/c1-3-7-12-10(4-2)11-8-5-6-9-13(11)14-12;1-4-5(2)3;1-2/h3-9H,1H2,2H3;4H,1-2H2,3H3;1-2H3/b10-4-,12-7+;;. The topological polar surface area (TPSA) is 13.1 Å². The number of rotatable bonds is 2. The summed E-state index contributed by atoms with van der Waals surface area (Å²) in [5.41, 5.74) is 2.82. The van der Waals surface area contributed by atoms with Crippen LogP contribution in [0.1, 0.15) is 27.7 Å². The Morgan fingerprint density at radius 3 is 2.19 bits per heavy atom. The van der Waals surface area contributed by atoms with E-state index in [0.29, 0.717) is 0 Å². The molecule has 1 aromatic heterocycles. The van der Waals surface area contributed by atoms with Crippen LogP contribution in [0, 0.1) is 0 Å². The number of fused-ring (bicyclic) bond motifs is 1. The number of hydrogen-bond donors (Lipinski definition) is 0. The van der Waals surface area contributed by atoms with Crippen LogP contribution in [0.3, 0.4) is 0 Å². The first-order valence-electron chi connectivity index (χ1n) is 7.18. The molecule has 0 saturated heterocycles. The molecule has 0 fully saturated rings. The fourth-order valence-corrected chi connectivity index (χ4v) is 1.61. The molecule has 0 unspecified atom stereocenters. The van der Waals surface area contributed by atoms with Crippen LogP contribution < -0.4 is 10.6 Å². The zero-order valence-electron chi connectivity index (χ0n) is 13.6. The highest BCUT2D eigenvalue weighted by Crippen LogP contribution is 2.06. The second-order valence-electron chi connectivity index (χ2n) is 4.12. The minimum atomic E-state index is 0.878. The third kappa shape index (κ3) is 5.70. The van der Waals surface area contributed by atoms with Gasteiger partial charge in [0, 0.05) is 10.6 Å². The summed E-state index contributed by atoms with van der Waals surface area (Å²) in [5, 5.41) is 2.30. The summed E-state index contributed by atoms with van der Waals surface area (Å²) in [6, 6.07) is 8.03. The summed E-state index contributed by atoms with van der Waals surface area (Å²) in [4.78, 5) is 0. The van der Waals surface area contributed by atoms with E-state index in [1.807, 2.05) is 52.0 Å². The highest BCUT2D eigenvalue weighted by Gasteiger charge is 1.99. The highest BCUT2D eigenvalue weighted by atomic mass is 16.3. The van der Waals surface area contributed by atoms with Crippen molar-refractivity contribution in [2.75, 3.05) is 0 Å². The third-order valence-corrected chi connectivity index (χ3v) is 2.57. The monoisotopic (exact) mass is 282 g/mol. The van der Waals surface area contributed by atoms with E-state index in [-0.39, 0.29) is 0 Å². The quantitative estimate of drug-likeness (QED) is 0.708. The molecule has 1 heteroatoms. The van der Waals surface area contributed by atoms with Crippen LogP contribution in [-0.2, 0) is 0 Å². The van der Waals surface area contributed by atoms with Crippen molar-refractivity contribution in [3.05, 3.63) is 72.4 Å². The van der Waals surface area contributed by atoms with E-state index in [9.17, 15) is 0 Å². The van der Waals surface area contributed by atoms with Crippen LogP contribution in [-0.4, -0.2) is 0 Å². The van der Waals surface area contributed by atoms with Gasteiger partial charge in [0.1, 0.15) is 11.0 Å². The van der Waals surface area contributed by atoms with Crippen molar-refractivity contribution in [2.24, 2.45) is 0 Å². The number of benzene rings is 1. The normalized spacial score (nSPS) is 11.0. The number of hydrogen-bond acceptors (Lipinski definition) is 1. The molecule has 0 bridgehead atoms. The largest absolute Gasteiger partial charge is 0.456 e. The van der Waals surface area contributed by atoms with Crippen LogP contribution in [0.4, 0.5) is 0 Å². The Bertz CT molecular complexity index is 699. The average Bonchev–Trinajstić information content (AvgIpc) is 2.87. The molecule has 0 aliphatic heterocycles. The fraction of sp³-hybridized carbons (Fsp3) is 0.200. The average molecular weight is 282 g/mol. The molecule has 2 aromatic rings. The van der Waals surface area contributed by atoms with Gasteiger partial charge < -0.3 is 4.42 Å². The van der Waals surface area contributed by atoms with Crippen molar-refractivity contribution in [2.45, 2.75) is 27.7 Å². The van der Waals surface area contributed by atoms with Gasteiger partial charge in [0.25, 0.3) is 0 Å². The molecule has 1 aromatic carbocycles. The number of para-hydroxylation sites is 1. The van der Waals surface area contributed by atoms with E-state index in [2.05, 4.69) is 31.9 Å². The molecule has 0 radical (unpaired) electrons. The van der Waals surface area contributed by atoms with Gasteiger partial charge in [-0.05, 0) is 26.0 Å². The summed E-state index contributed by atoms with van der Waals surface area (Å²) in [5.74, 6) is 0. The Hall–Kier alpha value is -2.28. The van der Waals surface area contributed by atoms with E-state index in [0.717, 1.165) is 27.2 Å². The molecule has 0 N–H and O–H groups in total. The molecule has 1 heterocycles. The van der Waals surface area contributed by atoms with Crippen molar-refractivity contribution in [3.8, 4) is 0 Å². The second-order valence-corrected chi connectivity index (χ2v) is 4.12. The van der Waals surface area contributed by atoms with Crippen LogP contribution >= 0.6 is 0 Å². The lowest BCUT2D eigenvalue weighted by Crippen LogP contribution is -2.18. The van der Waals surface area contributed by atoms with E-state index in [1.165, 1.54) is 0 Å². The van der Waals surface area contributed by atoms with Gasteiger partial charge in [0.05, 0.1) is 0 Å². The lowest BCUT2D eigenvalue weighted by molar-refractivity contribution is 0.575. The zero-order chi connectivity index (χ0) is 16.3.